The molecule has 0 N–H and O–H groups in total. The van der Waals surface area contributed by atoms with Gasteiger partial charge in [-0.1, -0.05) is 231 Å². The van der Waals surface area contributed by atoms with Gasteiger partial charge in [0.05, 0.1) is 0 Å². The third-order valence-corrected chi connectivity index (χ3v) is 11.6. The Labute approximate surface area is 436 Å². The van der Waals surface area contributed by atoms with E-state index in [1.54, 1.807) is 0 Å². The summed E-state index contributed by atoms with van der Waals surface area (Å²) in [7, 11) is 0. The lowest BCUT2D eigenvalue weighted by atomic mass is 10.1. The minimum Gasteiger partial charge on any atom is -0.462 e. The highest BCUT2D eigenvalue weighted by Gasteiger charge is 2.19. The molecule has 0 amide bonds. The Balaban J connectivity index is 4.49. The summed E-state index contributed by atoms with van der Waals surface area (Å²) in [4.78, 5) is 38.1. The van der Waals surface area contributed by atoms with Crippen molar-refractivity contribution in [3.05, 3.63) is 134 Å². The Morgan fingerprint density at radius 3 is 0.944 bits per heavy atom. The third kappa shape index (κ3) is 56.3. The molecule has 0 saturated heterocycles. The molecule has 0 aromatic carbocycles. The van der Waals surface area contributed by atoms with E-state index in [-0.39, 0.29) is 37.5 Å². The van der Waals surface area contributed by atoms with Crippen molar-refractivity contribution >= 4 is 17.9 Å². The summed E-state index contributed by atoms with van der Waals surface area (Å²) in [5.74, 6) is -1.03. The number of esters is 3. The van der Waals surface area contributed by atoms with Gasteiger partial charge in [0, 0.05) is 19.3 Å². The van der Waals surface area contributed by atoms with Gasteiger partial charge < -0.3 is 14.2 Å². The molecule has 0 aromatic rings. The maximum atomic E-state index is 12.9. The zero-order valence-corrected chi connectivity index (χ0v) is 45.7. The van der Waals surface area contributed by atoms with Crippen molar-refractivity contribution in [3.63, 3.8) is 0 Å². The average molecular weight is 982 g/mol. The number of allylic oxidation sites excluding steroid dienone is 22. The molecule has 1 atom stereocenters. The Morgan fingerprint density at radius 2 is 0.577 bits per heavy atom. The summed E-state index contributed by atoms with van der Waals surface area (Å²) >= 11 is 0. The molecule has 0 aliphatic carbocycles. The van der Waals surface area contributed by atoms with E-state index < -0.39 is 6.10 Å². The van der Waals surface area contributed by atoms with Crippen LogP contribution in [-0.4, -0.2) is 37.2 Å². The number of carbonyl (C=O) groups is 3. The number of hydrogen-bond acceptors (Lipinski definition) is 6. The van der Waals surface area contributed by atoms with E-state index in [9.17, 15) is 14.4 Å². The number of rotatable bonds is 50. The predicted molar refractivity (Wildman–Crippen MR) is 306 cm³/mol. The largest absolute Gasteiger partial charge is 0.462 e. The van der Waals surface area contributed by atoms with Gasteiger partial charge in [0.2, 0.25) is 0 Å². The standard InChI is InChI=1S/C65H104O6/c1-4-7-10-13-16-19-22-25-27-29-31-32-34-35-37-40-43-46-49-52-55-58-64(67)70-61-62(60-69-63(66)57-54-51-48-45-42-39-24-21-18-15-12-9-6-3)71-65(68)59-56-53-50-47-44-41-38-36-33-30-28-26-23-20-17-14-11-8-5-2/h7,9-10,12,16-21,25-28,31-32,35,37,39,42,48,51,62H,4-6,8,11,13-15,22-24,29-30,33-34,36,38,40-41,43-47,49-50,52-61H2,1-3H3/b10-7-,12-9-,19-16-,20-17-,21-18-,27-25-,28-26-,32-31-,37-35-,42-39-,51-48-. The second-order valence-electron chi connectivity index (χ2n) is 18.4. The van der Waals surface area contributed by atoms with Crippen molar-refractivity contribution in [2.75, 3.05) is 13.2 Å². The Kier molecular flexibility index (Phi) is 54.5. The molecule has 71 heavy (non-hydrogen) atoms. The highest BCUT2D eigenvalue weighted by atomic mass is 16.6. The van der Waals surface area contributed by atoms with Crippen LogP contribution in [0.2, 0.25) is 0 Å². The first-order valence-electron chi connectivity index (χ1n) is 28.7. The minimum atomic E-state index is -0.823. The van der Waals surface area contributed by atoms with Gasteiger partial charge in [-0.05, 0) is 122 Å². The summed E-state index contributed by atoms with van der Waals surface area (Å²) in [5.41, 5.74) is 0. The lowest BCUT2D eigenvalue weighted by Crippen LogP contribution is -2.30. The molecule has 0 bridgehead atoms. The fourth-order valence-electron chi connectivity index (χ4n) is 7.39. The van der Waals surface area contributed by atoms with Crippen LogP contribution in [-0.2, 0) is 28.6 Å². The Hall–Kier alpha value is -4.45. The van der Waals surface area contributed by atoms with Crippen LogP contribution in [0.5, 0.6) is 0 Å². The second-order valence-corrected chi connectivity index (χ2v) is 18.4. The van der Waals surface area contributed by atoms with Crippen molar-refractivity contribution in [2.45, 2.75) is 245 Å². The van der Waals surface area contributed by atoms with Crippen LogP contribution in [0.1, 0.15) is 239 Å². The zero-order chi connectivity index (χ0) is 51.4. The SMILES string of the molecule is CC/C=C\C/C=C\C/C=C\C/C=C\C/C=C\CCCCCCCC(=O)OCC(COC(=O)CC/C=C\C/C=C\C/C=C\C/C=C\CC)OC(=O)CCCCCCCCCCC/C=C\C/C=C\CCCCC. The van der Waals surface area contributed by atoms with Crippen molar-refractivity contribution in [3.8, 4) is 0 Å². The van der Waals surface area contributed by atoms with Crippen LogP contribution in [0.4, 0.5) is 0 Å². The van der Waals surface area contributed by atoms with Crippen LogP contribution in [0.25, 0.3) is 0 Å². The smallest absolute Gasteiger partial charge is 0.306 e. The van der Waals surface area contributed by atoms with Gasteiger partial charge in [-0.3, -0.25) is 14.4 Å². The van der Waals surface area contributed by atoms with E-state index in [4.69, 9.17) is 14.2 Å². The molecule has 0 radical (unpaired) electrons. The molecule has 0 saturated carbocycles. The highest BCUT2D eigenvalue weighted by Crippen LogP contribution is 2.14. The van der Waals surface area contributed by atoms with Gasteiger partial charge in [-0.2, -0.15) is 0 Å². The molecular weight excluding hydrogens is 877 g/mol. The summed E-state index contributed by atoms with van der Waals surface area (Å²) in [5, 5.41) is 0. The first-order chi connectivity index (χ1) is 35.0. The lowest BCUT2D eigenvalue weighted by Gasteiger charge is -2.18. The zero-order valence-electron chi connectivity index (χ0n) is 45.7. The molecule has 0 heterocycles. The van der Waals surface area contributed by atoms with Crippen LogP contribution in [0.3, 0.4) is 0 Å². The monoisotopic (exact) mass is 981 g/mol. The Bertz CT molecular complexity index is 1550. The Morgan fingerprint density at radius 1 is 0.296 bits per heavy atom. The number of carbonyl (C=O) groups excluding carboxylic acids is 3. The van der Waals surface area contributed by atoms with Crippen LogP contribution < -0.4 is 0 Å². The average Bonchev–Trinajstić information content (AvgIpc) is 3.37. The second kappa shape index (κ2) is 58.1. The maximum Gasteiger partial charge on any atom is 0.306 e. The van der Waals surface area contributed by atoms with Crippen LogP contribution in [0, 0.1) is 0 Å². The normalized spacial score (nSPS) is 13.1. The molecule has 6 nitrogen and oxygen atoms in total. The molecule has 0 aliphatic rings. The van der Waals surface area contributed by atoms with Crippen LogP contribution in [0.15, 0.2) is 134 Å². The van der Waals surface area contributed by atoms with E-state index in [1.165, 1.54) is 70.6 Å². The van der Waals surface area contributed by atoms with Crippen LogP contribution >= 0.6 is 0 Å². The van der Waals surface area contributed by atoms with Gasteiger partial charge in [-0.15, -0.1) is 0 Å². The van der Waals surface area contributed by atoms with Crippen molar-refractivity contribution in [1.82, 2.24) is 0 Å². The fraction of sp³-hybridized carbons (Fsp3) is 0.615. The lowest BCUT2D eigenvalue weighted by molar-refractivity contribution is -0.166. The molecule has 1 unspecified atom stereocenters. The fourth-order valence-corrected chi connectivity index (χ4v) is 7.39. The summed E-state index contributed by atoms with van der Waals surface area (Å²) in [6, 6.07) is 0. The van der Waals surface area contributed by atoms with Crippen molar-refractivity contribution in [2.24, 2.45) is 0 Å². The molecule has 6 heteroatoms. The molecule has 0 rings (SSSR count). The third-order valence-electron chi connectivity index (χ3n) is 11.6. The molecule has 0 fully saturated rings. The van der Waals surface area contributed by atoms with E-state index in [0.717, 1.165) is 122 Å². The maximum absolute atomic E-state index is 12.9. The van der Waals surface area contributed by atoms with E-state index in [0.29, 0.717) is 19.3 Å². The van der Waals surface area contributed by atoms with Crippen molar-refractivity contribution < 1.29 is 28.6 Å². The number of unbranched alkanes of at least 4 members (excludes halogenated alkanes) is 17. The van der Waals surface area contributed by atoms with Gasteiger partial charge >= 0.3 is 17.9 Å². The van der Waals surface area contributed by atoms with Crippen molar-refractivity contribution in [1.29, 1.82) is 0 Å². The van der Waals surface area contributed by atoms with Gasteiger partial charge in [0.15, 0.2) is 6.10 Å². The quantitative estimate of drug-likeness (QED) is 0.0262. The van der Waals surface area contributed by atoms with E-state index in [2.05, 4.69) is 142 Å². The minimum absolute atomic E-state index is 0.116. The number of ether oxygens (including phenoxy) is 3. The summed E-state index contributed by atoms with van der Waals surface area (Å²) < 4.78 is 16.8. The van der Waals surface area contributed by atoms with Gasteiger partial charge in [-0.25, -0.2) is 0 Å². The first-order valence-corrected chi connectivity index (χ1v) is 28.7. The molecule has 0 aromatic heterocycles. The topological polar surface area (TPSA) is 78.9 Å². The van der Waals surface area contributed by atoms with E-state index >= 15 is 0 Å². The molecule has 0 aliphatic heterocycles. The van der Waals surface area contributed by atoms with Gasteiger partial charge in [0.25, 0.3) is 0 Å². The molecule has 400 valence electrons. The van der Waals surface area contributed by atoms with Gasteiger partial charge in [0.1, 0.15) is 13.2 Å². The predicted octanol–water partition coefficient (Wildman–Crippen LogP) is 19.4. The van der Waals surface area contributed by atoms with E-state index in [1.807, 2.05) is 12.2 Å². The summed E-state index contributed by atoms with van der Waals surface area (Å²) in [6.07, 6.45) is 81.7. The first kappa shape index (κ1) is 66.6. The molecule has 0 spiro atoms. The number of hydrogen-bond donors (Lipinski definition) is 0. The highest BCUT2D eigenvalue weighted by molar-refractivity contribution is 5.71. The summed E-state index contributed by atoms with van der Waals surface area (Å²) in [6.45, 7) is 6.29. The molecular formula is C65H104O6.